The van der Waals surface area contributed by atoms with Crippen molar-refractivity contribution in [2.75, 3.05) is 0 Å². The predicted molar refractivity (Wildman–Crippen MR) is 74.4 cm³/mol. The summed E-state index contributed by atoms with van der Waals surface area (Å²) in [6.07, 6.45) is 0.762. The lowest BCUT2D eigenvalue weighted by atomic mass is 9.65. The Morgan fingerprint density at radius 2 is 1.61 bits per heavy atom. The summed E-state index contributed by atoms with van der Waals surface area (Å²) < 4.78 is 6.02. The Bertz CT molecular complexity index is 348. The van der Waals surface area contributed by atoms with Crippen molar-refractivity contribution in [1.29, 1.82) is 0 Å². The van der Waals surface area contributed by atoms with Crippen LogP contribution in [0.5, 0.6) is 0 Å². The zero-order valence-corrected chi connectivity index (χ0v) is 13.2. The molecule has 0 aliphatic carbocycles. The van der Waals surface area contributed by atoms with Crippen LogP contribution in [0.25, 0.3) is 0 Å². The maximum atomic E-state index is 12.9. The van der Waals surface area contributed by atoms with Crippen LogP contribution in [0.1, 0.15) is 61.8 Å². The van der Waals surface area contributed by atoms with Crippen molar-refractivity contribution in [3.8, 4) is 0 Å². The summed E-state index contributed by atoms with van der Waals surface area (Å²) in [4.78, 5) is 12.9. The van der Waals surface area contributed by atoms with Crippen molar-refractivity contribution >= 4 is 5.78 Å². The molecule has 0 amide bonds. The highest BCUT2D eigenvalue weighted by molar-refractivity contribution is 5.89. The number of hydrogen-bond donors (Lipinski definition) is 1. The molecule has 0 saturated carbocycles. The van der Waals surface area contributed by atoms with Gasteiger partial charge in [0.1, 0.15) is 5.78 Å². The smallest absolute Gasteiger partial charge is 0.146 e. The molecular formula is C15H29NO2. The first-order valence-electron chi connectivity index (χ1n) is 6.74. The van der Waals surface area contributed by atoms with E-state index in [9.17, 15) is 4.79 Å². The molecule has 106 valence electrons. The summed E-state index contributed by atoms with van der Waals surface area (Å²) in [5.41, 5.74) is 4.43. The standard InChI is InChI=1S/C15H29NO2/c1-12(2)9-10(14(5,6)18-12)11(17)13(3,4)15(7,8)16/h10H,9,16H2,1-8H3. The third-order valence-corrected chi connectivity index (χ3v) is 4.62. The van der Waals surface area contributed by atoms with Gasteiger partial charge < -0.3 is 10.5 Å². The molecule has 0 aromatic rings. The molecular weight excluding hydrogens is 226 g/mol. The molecule has 1 aliphatic rings. The summed E-state index contributed by atoms with van der Waals surface area (Å²) in [7, 11) is 0. The first kappa shape index (κ1) is 15.6. The minimum atomic E-state index is -0.557. The lowest BCUT2D eigenvalue weighted by molar-refractivity contribution is -0.140. The molecule has 0 spiro atoms. The average Bonchev–Trinajstić information content (AvgIpc) is 2.30. The van der Waals surface area contributed by atoms with Crippen LogP contribution in [0, 0.1) is 11.3 Å². The molecule has 0 aromatic carbocycles. The Hall–Kier alpha value is -0.410. The SMILES string of the molecule is CC1(C)CC(C(=O)C(C)(C)C(C)(C)N)C(C)(C)O1. The second kappa shape index (κ2) is 4.04. The summed E-state index contributed by atoms with van der Waals surface area (Å²) in [5, 5.41) is 0. The molecule has 1 atom stereocenters. The summed E-state index contributed by atoms with van der Waals surface area (Å²) in [6.45, 7) is 15.8. The van der Waals surface area contributed by atoms with E-state index in [0.29, 0.717) is 0 Å². The molecule has 18 heavy (non-hydrogen) atoms. The van der Waals surface area contributed by atoms with Gasteiger partial charge in [-0.15, -0.1) is 0 Å². The molecule has 1 heterocycles. The van der Waals surface area contributed by atoms with Gasteiger partial charge in [0.05, 0.1) is 11.2 Å². The van der Waals surface area contributed by atoms with Gasteiger partial charge in [-0.3, -0.25) is 4.79 Å². The second-order valence-corrected chi connectivity index (χ2v) is 7.93. The number of nitrogens with two attached hydrogens (primary N) is 1. The van der Waals surface area contributed by atoms with Crippen LogP contribution in [0.2, 0.25) is 0 Å². The third kappa shape index (κ3) is 2.62. The van der Waals surface area contributed by atoms with Crippen LogP contribution in [0.3, 0.4) is 0 Å². The lowest BCUT2D eigenvalue weighted by Crippen LogP contribution is -2.55. The lowest BCUT2D eigenvalue weighted by Gasteiger charge is -2.40. The fourth-order valence-electron chi connectivity index (χ4n) is 2.72. The predicted octanol–water partition coefficient (Wildman–Crippen LogP) is 2.91. The number of carbonyl (C=O) groups is 1. The highest BCUT2D eigenvalue weighted by Crippen LogP contribution is 2.46. The minimum absolute atomic E-state index is 0.0923. The molecule has 2 N–H and O–H groups in total. The zero-order chi connectivity index (χ0) is 14.6. The molecule has 1 saturated heterocycles. The van der Waals surface area contributed by atoms with Crippen molar-refractivity contribution in [2.45, 2.75) is 78.6 Å². The highest BCUT2D eigenvalue weighted by Gasteiger charge is 2.54. The number of hydrogen-bond acceptors (Lipinski definition) is 3. The number of Topliss-reactive ketones (excluding diaryl/α,β-unsaturated/α-hetero) is 1. The van der Waals surface area contributed by atoms with E-state index in [-0.39, 0.29) is 17.3 Å². The summed E-state index contributed by atoms with van der Waals surface area (Å²) >= 11 is 0. The van der Waals surface area contributed by atoms with E-state index in [0.717, 1.165) is 6.42 Å². The van der Waals surface area contributed by atoms with Crippen molar-refractivity contribution in [3.05, 3.63) is 0 Å². The Kier molecular flexibility index (Phi) is 3.51. The fourth-order valence-corrected chi connectivity index (χ4v) is 2.72. The maximum Gasteiger partial charge on any atom is 0.146 e. The average molecular weight is 255 g/mol. The molecule has 3 nitrogen and oxygen atoms in total. The van der Waals surface area contributed by atoms with E-state index in [1.807, 2.05) is 55.4 Å². The normalized spacial score (nSPS) is 27.3. The van der Waals surface area contributed by atoms with Gasteiger partial charge in [-0.25, -0.2) is 0 Å². The molecule has 1 aliphatic heterocycles. The van der Waals surface area contributed by atoms with Crippen LogP contribution in [-0.4, -0.2) is 22.5 Å². The van der Waals surface area contributed by atoms with Crippen molar-refractivity contribution in [1.82, 2.24) is 0 Å². The third-order valence-electron chi connectivity index (χ3n) is 4.62. The number of rotatable bonds is 3. The van der Waals surface area contributed by atoms with E-state index in [4.69, 9.17) is 10.5 Å². The van der Waals surface area contributed by atoms with Crippen LogP contribution in [0.4, 0.5) is 0 Å². The van der Waals surface area contributed by atoms with E-state index < -0.39 is 16.6 Å². The van der Waals surface area contributed by atoms with Gasteiger partial charge >= 0.3 is 0 Å². The molecule has 1 rings (SSSR count). The molecule has 0 bridgehead atoms. The van der Waals surface area contributed by atoms with E-state index >= 15 is 0 Å². The number of ether oxygens (including phenoxy) is 1. The largest absolute Gasteiger partial charge is 0.369 e. The van der Waals surface area contributed by atoms with Crippen molar-refractivity contribution < 1.29 is 9.53 Å². The van der Waals surface area contributed by atoms with Crippen molar-refractivity contribution in [2.24, 2.45) is 17.1 Å². The molecule has 0 aromatic heterocycles. The second-order valence-electron chi connectivity index (χ2n) is 7.93. The van der Waals surface area contributed by atoms with Crippen LogP contribution in [0.15, 0.2) is 0 Å². The number of ketones is 1. The van der Waals surface area contributed by atoms with Gasteiger partial charge in [-0.2, -0.15) is 0 Å². The van der Waals surface area contributed by atoms with E-state index in [1.165, 1.54) is 0 Å². The highest BCUT2D eigenvalue weighted by atomic mass is 16.5. The summed E-state index contributed by atoms with van der Waals surface area (Å²) in [6, 6.07) is 0. The molecule has 3 heteroatoms. The summed E-state index contributed by atoms with van der Waals surface area (Å²) in [5.74, 6) is 0.121. The minimum Gasteiger partial charge on any atom is -0.369 e. The number of carbonyl (C=O) groups excluding carboxylic acids is 1. The Morgan fingerprint density at radius 1 is 1.17 bits per heavy atom. The van der Waals surface area contributed by atoms with E-state index in [2.05, 4.69) is 0 Å². The molecule has 1 unspecified atom stereocenters. The Morgan fingerprint density at radius 3 is 1.89 bits per heavy atom. The first-order chi connectivity index (χ1) is 7.71. The fraction of sp³-hybridized carbons (Fsp3) is 0.933. The Balaban J connectivity index is 3.06. The van der Waals surface area contributed by atoms with Gasteiger partial charge in [0, 0.05) is 16.9 Å². The van der Waals surface area contributed by atoms with Gasteiger partial charge in [0.25, 0.3) is 0 Å². The molecule has 1 fully saturated rings. The first-order valence-corrected chi connectivity index (χ1v) is 6.74. The van der Waals surface area contributed by atoms with Gasteiger partial charge in [0.15, 0.2) is 0 Å². The topological polar surface area (TPSA) is 52.3 Å². The van der Waals surface area contributed by atoms with Gasteiger partial charge in [-0.1, -0.05) is 13.8 Å². The van der Waals surface area contributed by atoms with Crippen LogP contribution in [-0.2, 0) is 9.53 Å². The Labute approximate surface area is 111 Å². The van der Waals surface area contributed by atoms with E-state index in [1.54, 1.807) is 0 Å². The van der Waals surface area contributed by atoms with Crippen LogP contribution >= 0.6 is 0 Å². The molecule has 0 radical (unpaired) electrons. The maximum absolute atomic E-state index is 12.9. The van der Waals surface area contributed by atoms with Crippen molar-refractivity contribution in [3.63, 3.8) is 0 Å². The monoisotopic (exact) mass is 255 g/mol. The van der Waals surface area contributed by atoms with Crippen LogP contribution < -0.4 is 5.73 Å². The van der Waals surface area contributed by atoms with Gasteiger partial charge in [-0.05, 0) is 48.0 Å². The zero-order valence-electron chi connectivity index (χ0n) is 13.2. The quantitative estimate of drug-likeness (QED) is 0.843. The van der Waals surface area contributed by atoms with Gasteiger partial charge in [0.2, 0.25) is 0 Å².